The highest BCUT2D eigenvalue weighted by molar-refractivity contribution is 5.31. The lowest BCUT2D eigenvalue weighted by Crippen LogP contribution is -2.25. The predicted molar refractivity (Wildman–Crippen MR) is 121 cm³/mol. The van der Waals surface area contributed by atoms with E-state index in [9.17, 15) is 18.3 Å². The smallest absolute Gasteiger partial charge is 0.194 e. The van der Waals surface area contributed by atoms with Crippen molar-refractivity contribution in [2.75, 3.05) is 0 Å². The number of hydrogen-bond donors (Lipinski definition) is 1. The Bertz CT molecular complexity index is 688. The maximum Gasteiger partial charge on any atom is 0.194 e. The molecule has 2 aliphatic carbocycles. The zero-order chi connectivity index (χ0) is 22.4. The van der Waals surface area contributed by atoms with Crippen LogP contribution in [-0.4, -0.2) is 11.2 Å². The van der Waals surface area contributed by atoms with E-state index >= 15 is 0 Å². The molecule has 0 radical (unpaired) electrons. The molecule has 3 rings (SSSR count). The van der Waals surface area contributed by atoms with Crippen LogP contribution in [-0.2, 0) is 6.42 Å². The zero-order valence-corrected chi connectivity index (χ0v) is 19.4. The second-order valence-electron chi connectivity index (χ2n) is 10.2. The minimum absolute atomic E-state index is 0.0258. The normalized spacial score (nSPS) is 27.9. The molecule has 2 aliphatic rings. The van der Waals surface area contributed by atoms with Crippen molar-refractivity contribution in [2.24, 2.45) is 17.8 Å². The van der Waals surface area contributed by atoms with Crippen molar-refractivity contribution in [2.45, 2.75) is 116 Å². The van der Waals surface area contributed by atoms with E-state index in [0.29, 0.717) is 24.3 Å². The summed E-state index contributed by atoms with van der Waals surface area (Å²) in [6, 6.07) is 1.55. The Balaban J connectivity index is 1.60. The standard InChI is InChI=1S/C27H41F3O/c1-3-5-18-7-9-19(10-8-18)20-11-13-21(14-12-20)24-17-22(15-16-23(31)6-4-2)25(28)27(30)26(24)29/h17-21,23,31H,3-16H2,1-2H3/t18-,19-,20?,21?,23-/m0/s1. The van der Waals surface area contributed by atoms with E-state index in [0.717, 1.165) is 43.9 Å². The van der Waals surface area contributed by atoms with Crippen molar-refractivity contribution in [3.63, 3.8) is 0 Å². The molecule has 0 spiro atoms. The summed E-state index contributed by atoms with van der Waals surface area (Å²) in [7, 11) is 0. The van der Waals surface area contributed by atoms with Crippen LogP contribution in [0, 0.1) is 35.2 Å². The molecule has 0 aliphatic heterocycles. The van der Waals surface area contributed by atoms with Crippen molar-refractivity contribution in [3.8, 4) is 0 Å². The van der Waals surface area contributed by atoms with E-state index in [1.807, 2.05) is 6.92 Å². The quantitative estimate of drug-likeness (QED) is 0.386. The lowest BCUT2D eigenvalue weighted by Gasteiger charge is -2.38. The molecule has 2 fully saturated rings. The molecule has 0 aromatic heterocycles. The number of benzene rings is 1. The van der Waals surface area contributed by atoms with Gasteiger partial charge in [0.15, 0.2) is 17.5 Å². The lowest BCUT2D eigenvalue weighted by molar-refractivity contribution is 0.153. The van der Waals surface area contributed by atoms with Crippen LogP contribution >= 0.6 is 0 Å². The van der Waals surface area contributed by atoms with Gasteiger partial charge < -0.3 is 5.11 Å². The molecule has 1 nitrogen and oxygen atoms in total. The summed E-state index contributed by atoms with van der Waals surface area (Å²) in [5.41, 5.74) is 0.560. The van der Waals surface area contributed by atoms with Crippen molar-refractivity contribution in [1.82, 2.24) is 0 Å². The third-order valence-corrected chi connectivity index (χ3v) is 8.09. The van der Waals surface area contributed by atoms with Gasteiger partial charge in [0.05, 0.1) is 6.10 Å². The maximum atomic E-state index is 14.6. The van der Waals surface area contributed by atoms with Crippen LogP contribution < -0.4 is 0 Å². The fraction of sp³-hybridized carbons (Fsp3) is 0.778. The summed E-state index contributed by atoms with van der Waals surface area (Å²) in [6.07, 6.45) is 13.4. The van der Waals surface area contributed by atoms with Gasteiger partial charge in [-0.05, 0) is 98.7 Å². The van der Waals surface area contributed by atoms with Gasteiger partial charge in [-0.15, -0.1) is 0 Å². The minimum Gasteiger partial charge on any atom is -0.393 e. The molecule has 1 aromatic rings. The van der Waals surface area contributed by atoms with Gasteiger partial charge in [0.2, 0.25) is 0 Å². The fourth-order valence-electron chi connectivity index (χ4n) is 6.22. The van der Waals surface area contributed by atoms with Crippen LogP contribution in [0.15, 0.2) is 6.07 Å². The number of halogens is 3. The van der Waals surface area contributed by atoms with Crippen LogP contribution in [0.1, 0.15) is 114 Å². The summed E-state index contributed by atoms with van der Waals surface area (Å²) in [6.45, 7) is 4.25. The second-order valence-corrected chi connectivity index (χ2v) is 10.2. The first kappa shape index (κ1) is 24.6. The van der Waals surface area contributed by atoms with Crippen LogP contribution in [0.25, 0.3) is 0 Å². The fourth-order valence-corrected chi connectivity index (χ4v) is 6.22. The molecule has 0 saturated heterocycles. The largest absolute Gasteiger partial charge is 0.393 e. The molecule has 0 bridgehead atoms. The summed E-state index contributed by atoms with van der Waals surface area (Å²) >= 11 is 0. The Hall–Kier alpha value is -1.03. The van der Waals surface area contributed by atoms with Gasteiger partial charge >= 0.3 is 0 Å². The van der Waals surface area contributed by atoms with Crippen molar-refractivity contribution >= 4 is 0 Å². The summed E-state index contributed by atoms with van der Waals surface area (Å²) in [5, 5.41) is 9.95. The molecule has 0 amide bonds. The van der Waals surface area contributed by atoms with Gasteiger partial charge in [0.1, 0.15) is 0 Å². The first-order valence-electron chi connectivity index (χ1n) is 12.8. The minimum atomic E-state index is -1.34. The van der Waals surface area contributed by atoms with Crippen molar-refractivity contribution in [3.05, 3.63) is 34.6 Å². The number of aryl methyl sites for hydroxylation is 1. The third kappa shape index (κ3) is 6.27. The molecule has 0 unspecified atom stereocenters. The zero-order valence-electron chi connectivity index (χ0n) is 19.4. The van der Waals surface area contributed by atoms with Gasteiger partial charge in [-0.1, -0.05) is 46.0 Å². The Kier molecular flexibility index (Phi) is 9.31. The van der Waals surface area contributed by atoms with Crippen LogP contribution in [0.5, 0.6) is 0 Å². The van der Waals surface area contributed by atoms with E-state index in [2.05, 4.69) is 6.92 Å². The van der Waals surface area contributed by atoms with E-state index < -0.39 is 23.6 Å². The van der Waals surface area contributed by atoms with Gasteiger partial charge in [-0.25, -0.2) is 13.2 Å². The highest BCUT2D eigenvalue weighted by Crippen LogP contribution is 2.45. The first-order valence-corrected chi connectivity index (χ1v) is 12.8. The molecule has 4 heteroatoms. The topological polar surface area (TPSA) is 20.2 Å². The van der Waals surface area contributed by atoms with Gasteiger partial charge in [-0.2, -0.15) is 0 Å². The summed E-state index contributed by atoms with van der Waals surface area (Å²) in [5.74, 6) is -1.05. The highest BCUT2D eigenvalue weighted by atomic mass is 19.2. The molecule has 1 aromatic carbocycles. The first-order chi connectivity index (χ1) is 14.9. The lowest BCUT2D eigenvalue weighted by atomic mass is 9.68. The molecule has 1 atom stereocenters. The summed E-state index contributed by atoms with van der Waals surface area (Å²) in [4.78, 5) is 0. The average molecular weight is 439 g/mol. The van der Waals surface area contributed by atoms with Crippen LogP contribution in [0.4, 0.5) is 13.2 Å². The molecule has 176 valence electrons. The summed E-state index contributed by atoms with van der Waals surface area (Å²) < 4.78 is 43.3. The Morgan fingerprint density at radius 3 is 2.00 bits per heavy atom. The predicted octanol–water partition coefficient (Wildman–Crippen LogP) is 8.08. The molecule has 31 heavy (non-hydrogen) atoms. The Morgan fingerprint density at radius 2 is 1.42 bits per heavy atom. The number of aliphatic hydroxyl groups excluding tert-OH is 1. The Labute approximate surface area is 186 Å². The van der Waals surface area contributed by atoms with E-state index in [1.54, 1.807) is 6.07 Å². The van der Waals surface area contributed by atoms with E-state index in [4.69, 9.17) is 0 Å². The molecule has 1 N–H and O–H groups in total. The van der Waals surface area contributed by atoms with Crippen molar-refractivity contribution in [1.29, 1.82) is 0 Å². The second kappa shape index (κ2) is 11.7. The third-order valence-electron chi connectivity index (χ3n) is 8.09. The van der Waals surface area contributed by atoms with Gasteiger partial charge in [-0.3, -0.25) is 0 Å². The van der Waals surface area contributed by atoms with Gasteiger partial charge in [0.25, 0.3) is 0 Å². The molecular formula is C27H41F3O. The number of aliphatic hydroxyl groups is 1. The maximum absolute atomic E-state index is 14.6. The molecule has 2 saturated carbocycles. The van der Waals surface area contributed by atoms with Crippen LogP contribution in [0.2, 0.25) is 0 Å². The molecular weight excluding hydrogens is 397 g/mol. The highest BCUT2D eigenvalue weighted by Gasteiger charge is 2.33. The number of hydrogen-bond acceptors (Lipinski definition) is 1. The van der Waals surface area contributed by atoms with Gasteiger partial charge in [0, 0.05) is 0 Å². The number of rotatable bonds is 9. The van der Waals surface area contributed by atoms with Crippen LogP contribution in [0.3, 0.4) is 0 Å². The Morgan fingerprint density at radius 1 is 0.806 bits per heavy atom. The monoisotopic (exact) mass is 438 g/mol. The van der Waals surface area contributed by atoms with E-state index in [1.165, 1.54) is 38.5 Å². The average Bonchev–Trinajstić information content (AvgIpc) is 2.78. The SMILES string of the molecule is CCC[C@H](O)CCc1cc(C2CCC([C@H]3CC[C@H](CCC)CC3)CC2)c(F)c(F)c1F. The van der Waals surface area contributed by atoms with Crippen molar-refractivity contribution < 1.29 is 18.3 Å². The molecule has 0 heterocycles. The van der Waals surface area contributed by atoms with E-state index in [-0.39, 0.29) is 17.9 Å².